The molecule has 1 aliphatic heterocycles. The number of benzene rings is 1. The van der Waals surface area contributed by atoms with E-state index in [0.29, 0.717) is 5.69 Å². The lowest BCUT2D eigenvalue weighted by atomic mass is 10.1. The quantitative estimate of drug-likeness (QED) is 0.635. The van der Waals surface area contributed by atoms with Gasteiger partial charge < -0.3 is 15.0 Å². The highest BCUT2D eigenvalue weighted by Gasteiger charge is 2.28. The molecule has 3 atom stereocenters. The van der Waals surface area contributed by atoms with Crippen LogP contribution in [0.4, 0.5) is 11.4 Å². The number of anilines is 1. The third-order valence-corrected chi connectivity index (χ3v) is 4.20. The van der Waals surface area contributed by atoms with Crippen molar-refractivity contribution in [2.45, 2.75) is 39.9 Å². The summed E-state index contributed by atoms with van der Waals surface area (Å²) in [5.41, 5.74) is 1.87. The van der Waals surface area contributed by atoms with Gasteiger partial charge in [-0.25, -0.2) is 0 Å². The van der Waals surface area contributed by atoms with Crippen molar-refractivity contribution in [1.29, 1.82) is 0 Å². The second-order valence-electron chi connectivity index (χ2n) is 6.30. The van der Waals surface area contributed by atoms with E-state index in [1.165, 1.54) is 6.07 Å². The molecule has 0 radical (unpaired) electrons. The molecule has 1 saturated heterocycles. The maximum absolute atomic E-state index is 12.3. The first-order chi connectivity index (χ1) is 10.8. The van der Waals surface area contributed by atoms with Gasteiger partial charge in [0.15, 0.2) is 6.54 Å². The average Bonchev–Trinajstić information content (AvgIpc) is 2.42. The number of quaternary nitrogens is 1. The Kier molecular flexibility index (Phi) is 5.33. The van der Waals surface area contributed by atoms with Crippen molar-refractivity contribution in [3.05, 3.63) is 33.4 Å². The molecule has 0 bridgehead atoms. The number of nitro benzene ring substituents is 1. The third kappa shape index (κ3) is 4.27. The topological polar surface area (TPSA) is 85.9 Å². The molecule has 2 rings (SSSR count). The van der Waals surface area contributed by atoms with Crippen molar-refractivity contribution < 1.29 is 19.4 Å². The molecule has 2 N–H and O–H groups in total. The number of ether oxygens (including phenoxy) is 1. The summed E-state index contributed by atoms with van der Waals surface area (Å²) in [7, 11) is 0. The van der Waals surface area contributed by atoms with Crippen molar-refractivity contribution in [2.24, 2.45) is 0 Å². The summed E-state index contributed by atoms with van der Waals surface area (Å²) in [6.45, 7) is 9.42. The zero-order chi connectivity index (χ0) is 17.1. The van der Waals surface area contributed by atoms with Crippen molar-refractivity contribution in [1.82, 2.24) is 0 Å². The Labute approximate surface area is 135 Å². The minimum absolute atomic E-state index is 0.0693. The first kappa shape index (κ1) is 17.4. The molecule has 23 heavy (non-hydrogen) atoms. The Bertz CT molecular complexity index is 608. The summed E-state index contributed by atoms with van der Waals surface area (Å²) in [6, 6.07) is 3.13. The normalized spacial score (nSPS) is 24.3. The molecule has 1 fully saturated rings. The van der Waals surface area contributed by atoms with Crippen LogP contribution in [0.25, 0.3) is 0 Å². The van der Waals surface area contributed by atoms with E-state index in [2.05, 4.69) is 5.32 Å². The summed E-state index contributed by atoms with van der Waals surface area (Å²) >= 11 is 0. The molecule has 0 aliphatic carbocycles. The monoisotopic (exact) mass is 322 g/mol. The highest BCUT2D eigenvalue weighted by Crippen LogP contribution is 2.29. The number of carbonyl (C=O) groups excluding carboxylic acids is 1. The van der Waals surface area contributed by atoms with Gasteiger partial charge in [0, 0.05) is 6.07 Å². The fraction of sp³-hybridized carbons (Fsp3) is 0.562. The lowest BCUT2D eigenvalue weighted by Crippen LogP contribution is -3.16. The number of amides is 1. The first-order valence-corrected chi connectivity index (χ1v) is 7.81. The summed E-state index contributed by atoms with van der Waals surface area (Å²) in [5, 5.41) is 13.9. The Morgan fingerprint density at radius 2 is 1.96 bits per heavy atom. The predicted octanol–water partition coefficient (Wildman–Crippen LogP) is 0.842. The Hall–Kier alpha value is -1.99. The van der Waals surface area contributed by atoms with Gasteiger partial charge in [0.1, 0.15) is 31.0 Å². The minimum Gasteiger partial charge on any atom is -0.364 e. The molecule has 0 saturated carbocycles. The molecule has 1 aliphatic rings. The van der Waals surface area contributed by atoms with Crippen LogP contribution in [0, 0.1) is 24.0 Å². The highest BCUT2D eigenvalue weighted by atomic mass is 16.6. The number of rotatable bonds is 4. The Morgan fingerprint density at radius 3 is 2.52 bits per heavy atom. The summed E-state index contributed by atoms with van der Waals surface area (Å²) in [6.07, 6.45) is 0.216. The van der Waals surface area contributed by atoms with Crippen LogP contribution >= 0.6 is 0 Å². The number of nitrogens with zero attached hydrogens (tertiary/aromatic N) is 1. The third-order valence-electron chi connectivity index (χ3n) is 4.20. The van der Waals surface area contributed by atoms with Crippen molar-refractivity contribution in [3.63, 3.8) is 0 Å². The zero-order valence-electron chi connectivity index (χ0n) is 14.0. The van der Waals surface area contributed by atoms with Gasteiger partial charge >= 0.3 is 0 Å². The van der Waals surface area contributed by atoms with Crippen LogP contribution in [0.5, 0.6) is 0 Å². The molecule has 7 heteroatoms. The summed E-state index contributed by atoms with van der Waals surface area (Å²) in [5.74, 6) is -0.210. The molecule has 1 amide bonds. The summed E-state index contributed by atoms with van der Waals surface area (Å²) < 4.78 is 5.66. The van der Waals surface area contributed by atoms with Crippen LogP contribution in [-0.4, -0.2) is 42.7 Å². The largest absolute Gasteiger partial charge is 0.364 e. The summed E-state index contributed by atoms with van der Waals surface area (Å²) in [4.78, 5) is 24.2. The first-order valence-electron chi connectivity index (χ1n) is 7.81. The average molecular weight is 322 g/mol. The number of hydrogen-bond acceptors (Lipinski definition) is 4. The van der Waals surface area contributed by atoms with Gasteiger partial charge in [-0.15, -0.1) is 0 Å². The van der Waals surface area contributed by atoms with E-state index in [1.54, 1.807) is 13.0 Å². The van der Waals surface area contributed by atoms with Gasteiger partial charge in [0.05, 0.1) is 4.92 Å². The Morgan fingerprint density at radius 1 is 1.35 bits per heavy atom. The van der Waals surface area contributed by atoms with E-state index in [1.807, 2.05) is 20.8 Å². The second-order valence-corrected chi connectivity index (χ2v) is 6.30. The second kappa shape index (κ2) is 7.06. The van der Waals surface area contributed by atoms with E-state index >= 15 is 0 Å². The van der Waals surface area contributed by atoms with Gasteiger partial charge in [-0.2, -0.15) is 0 Å². The molecular formula is C16H24N3O4+. The number of morpholine rings is 1. The SMILES string of the molecule is Cc1ccc([N+](=O)[O-])c(NC(=O)C[NH+]2C[C@@H](C)O[C@@H](C)C2)c1C. The van der Waals surface area contributed by atoms with Crippen LogP contribution in [0.2, 0.25) is 0 Å². The van der Waals surface area contributed by atoms with E-state index in [0.717, 1.165) is 29.1 Å². The van der Waals surface area contributed by atoms with Crippen LogP contribution in [0.15, 0.2) is 12.1 Å². The molecule has 1 heterocycles. The van der Waals surface area contributed by atoms with Gasteiger partial charge in [0.25, 0.3) is 11.6 Å². The van der Waals surface area contributed by atoms with E-state index in [4.69, 9.17) is 4.74 Å². The minimum atomic E-state index is -0.464. The van der Waals surface area contributed by atoms with Gasteiger partial charge in [0.2, 0.25) is 0 Å². The van der Waals surface area contributed by atoms with Crippen molar-refractivity contribution in [3.8, 4) is 0 Å². The highest BCUT2D eigenvalue weighted by molar-refractivity contribution is 5.95. The van der Waals surface area contributed by atoms with E-state index in [9.17, 15) is 14.9 Å². The fourth-order valence-electron chi connectivity index (χ4n) is 3.06. The number of nitro groups is 1. The van der Waals surface area contributed by atoms with Crippen LogP contribution in [0.1, 0.15) is 25.0 Å². The number of nitrogens with one attached hydrogen (secondary N) is 2. The maximum atomic E-state index is 12.3. The van der Waals surface area contributed by atoms with Crippen LogP contribution in [0.3, 0.4) is 0 Å². The smallest absolute Gasteiger partial charge is 0.293 e. The number of aryl methyl sites for hydroxylation is 1. The number of carbonyl (C=O) groups is 1. The van der Waals surface area contributed by atoms with Crippen LogP contribution < -0.4 is 10.2 Å². The fourth-order valence-corrected chi connectivity index (χ4v) is 3.06. The molecule has 126 valence electrons. The van der Waals surface area contributed by atoms with E-state index < -0.39 is 4.92 Å². The molecule has 1 aromatic rings. The maximum Gasteiger partial charge on any atom is 0.293 e. The lowest BCUT2D eigenvalue weighted by Gasteiger charge is -2.31. The van der Waals surface area contributed by atoms with E-state index in [-0.39, 0.29) is 30.3 Å². The molecule has 0 aromatic heterocycles. The lowest BCUT2D eigenvalue weighted by molar-refractivity contribution is -0.907. The van der Waals surface area contributed by atoms with Gasteiger partial charge in [-0.3, -0.25) is 14.9 Å². The van der Waals surface area contributed by atoms with Crippen LogP contribution in [-0.2, 0) is 9.53 Å². The molecule has 7 nitrogen and oxygen atoms in total. The number of hydrogen-bond donors (Lipinski definition) is 2. The molecule has 0 spiro atoms. The van der Waals surface area contributed by atoms with Crippen molar-refractivity contribution >= 4 is 17.3 Å². The molecular weight excluding hydrogens is 298 g/mol. The molecule has 1 aromatic carbocycles. The zero-order valence-corrected chi connectivity index (χ0v) is 14.0. The van der Waals surface area contributed by atoms with Crippen molar-refractivity contribution in [2.75, 3.05) is 25.0 Å². The van der Waals surface area contributed by atoms with Gasteiger partial charge in [-0.1, -0.05) is 6.07 Å². The predicted molar refractivity (Wildman–Crippen MR) is 86.8 cm³/mol. The molecule has 1 unspecified atom stereocenters. The van der Waals surface area contributed by atoms with Gasteiger partial charge in [-0.05, 0) is 38.8 Å². The Balaban J connectivity index is 2.11. The standard InChI is InChI=1S/C16H23N3O4/c1-10-5-6-14(19(21)22)16(13(10)4)17-15(20)9-18-7-11(2)23-12(3)8-18/h5-6,11-12H,7-9H2,1-4H3,(H,17,20)/p+1/t11-,12+.